The molecule has 5 nitrogen and oxygen atoms in total. The lowest BCUT2D eigenvalue weighted by Crippen LogP contribution is -1.89. The molecule has 2 aromatic rings. The summed E-state index contributed by atoms with van der Waals surface area (Å²) in [5, 5.41) is 13.6. The van der Waals surface area contributed by atoms with Crippen molar-refractivity contribution < 1.29 is 9.63 Å². The molecule has 0 radical (unpaired) electrons. The number of para-hydroxylation sites is 1. The van der Waals surface area contributed by atoms with Gasteiger partial charge in [-0.15, -0.1) is 0 Å². The summed E-state index contributed by atoms with van der Waals surface area (Å²) in [5.74, 6) is 0.947. The van der Waals surface area contributed by atoms with Crippen LogP contribution in [0.3, 0.4) is 0 Å². The molecule has 0 saturated carbocycles. The van der Waals surface area contributed by atoms with Crippen LogP contribution in [0.5, 0.6) is 5.75 Å². The molecule has 0 atom stereocenters. The Morgan fingerprint density at radius 1 is 1.41 bits per heavy atom. The topological polar surface area (TPSA) is 85.2 Å². The number of hydrogen-bond donors (Lipinski definition) is 2. The molecule has 0 amide bonds. The molecule has 17 heavy (non-hydrogen) atoms. The van der Waals surface area contributed by atoms with Crippen LogP contribution in [0.2, 0.25) is 0 Å². The number of hydrogen-bond acceptors (Lipinski definition) is 5. The predicted octanol–water partition coefficient (Wildman–Crippen LogP) is 2.37. The van der Waals surface area contributed by atoms with E-state index in [2.05, 4.69) is 17.1 Å². The number of rotatable bonds is 4. The number of nitrogen functional groups attached to an aromatic ring is 1. The van der Waals surface area contributed by atoms with Gasteiger partial charge in [0.15, 0.2) is 11.6 Å². The second kappa shape index (κ2) is 4.86. The Bertz CT molecular complexity index is 508. The standard InChI is InChI=1S/C12H15N3O2/c1-2-3-7-10-14-12(17-15-10)8-5-4-6-9(13)11(8)16/h4-6,16H,2-3,7,13H2,1H3. The van der Waals surface area contributed by atoms with Crippen molar-refractivity contribution in [1.82, 2.24) is 10.1 Å². The highest BCUT2D eigenvalue weighted by Gasteiger charge is 2.13. The van der Waals surface area contributed by atoms with E-state index in [1.54, 1.807) is 18.2 Å². The Morgan fingerprint density at radius 3 is 3.00 bits per heavy atom. The fourth-order valence-electron chi connectivity index (χ4n) is 1.53. The summed E-state index contributed by atoms with van der Waals surface area (Å²) in [6.45, 7) is 2.10. The van der Waals surface area contributed by atoms with Gasteiger partial charge in [0, 0.05) is 6.42 Å². The van der Waals surface area contributed by atoms with E-state index in [1.165, 1.54) is 0 Å². The summed E-state index contributed by atoms with van der Waals surface area (Å²) >= 11 is 0. The maximum absolute atomic E-state index is 9.78. The first-order valence-electron chi connectivity index (χ1n) is 5.62. The Balaban J connectivity index is 2.27. The minimum atomic E-state index is -0.0156. The molecule has 3 N–H and O–H groups in total. The molecule has 1 heterocycles. The minimum Gasteiger partial charge on any atom is -0.505 e. The van der Waals surface area contributed by atoms with Crippen LogP contribution in [0.4, 0.5) is 5.69 Å². The molecule has 0 fully saturated rings. The number of phenolic OH excluding ortho intramolecular Hbond substituents is 1. The third kappa shape index (κ3) is 2.38. The largest absolute Gasteiger partial charge is 0.505 e. The Kier molecular flexibility index (Phi) is 3.27. The Labute approximate surface area is 99.3 Å². The smallest absolute Gasteiger partial charge is 0.261 e. The van der Waals surface area contributed by atoms with Crippen LogP contribution < -0.4 is 5.73 Å². The number of nitrogens with two attached hydrogens (primary N) is 1. The van der Waals surface area contributed by atoms with E-state index in [9.17, 15) is 5.11 Å². The van der Waals surface area contributed by atoms with Crippen LogP contribution in [-0.2, 0) is 6.42 Å². The van der Waals surface area contributed by atoms with Crippen LogP contribution in [0.15, 0.2) is 22.7 Å². The van der Waals surface area contributed by atoms with Crippen molar-refractivity contribution >= 4 is 5.69 Å². The number of aromatic nitrogens is 2. The third-order valence-electron chi connectivity index (χ3n) is 2.52. The quantitative estimate of drug-likeness (QED) is 0.625. The Hall–Kier alpha value is -2.04. The van der Waals surface area contributed by atoms with E-state index in [-0.39, 0.29) is 5.75 Å². The van der Waals surface area contributed by atoms with Crippen molar-refractivity contribution in [3.63, 3.8) is 0 Å². The van der Waals surface area contributed by atoms with Crippen molar-refractivity contribution in [3.8, 4) is 17.2 Å². The van der Waals surface area contributed by atoms with E-state index in [1.807, 2.05) is 0 Å². The van der Waals surface area contributed by atoms with Crippen LogP contribution in [0.25, 0.3) is 11.5 Å². The SMILES string of the molecule is CCCCc1noc(-c2cccc(N)c2O)n1. The maximum Gasteiger partial charge on any atom is 0.261 e. The lowest BCUT2D eigenvalue weighted by atomic mass is 10.1. The normalized spacial score (nSPS) is 10.6. The molecule has 0 aliphatic rings. The van der Waals surface area contributed by atoms with Crippen molar-refractivity contribution in [1.29, 1.82) is 0 Å². The summed E-state index contributed by atoms with van der Waals surface area (Å²) in [6.07, 6.45) is 2.87. The number of benzene rings is 1. The van der Waals surface area contributed by atoms with Crippen molar-refractivity contribution in [2.45, 2.75) is 26.2 Å². The van der Waals surface area contributed by atoms with Gasteiger partial charge < -0.3 is 15.4 Å². The predicted molar refractivity (Wildman–Crippen MR) is 64.4 cm³/mol. The summed E-state index contributed by atoms with van der Waals surface area (Å²) < 4.78 is 5.11. The van der Waals surface area contributed by atoms with Crippen LogP contribution in [-0.4, -0.2) is 15.2 Å². The van der Waals surface area contributed by atoms with E-state index in [4.69, 9.17) is 10.3 Å². The molecule has 0 bridgehead atoms. The first-order chi connectivity index (χ1) is 8.22. The number of nitrogens with zero attached hydrogens (tertiary/aromatic N) is 2. The number of anilines is 1. The summed E-state index contributed by atoms with van der Waals surface area (Å²) in [6, 6.07) is 5.05. The number of unbranched alkanes of at least 4 members (excludes halogenated alkanes) is 1. The van der Waals surface area contributed by atoms with Gasteiger partial charge >= 0.3 is 0 Å². The van der Waals surface area contributed by atoms with Gasteiger partial charge in [-0.3, -0.25) is 0 Å². The summed E-state index contributed by atoms with van der Waals surface area (Å²) in [7, 11) is 0. The van der Waals surface area contributed by atoms with Gasteiger partial charge in [-0.05, 0) is 18.6 Å². The van der Waals surface area contributed by atoms with Gasteiger partial charge in [0.05, 0.1) is 11.3 Å². The van der Waals surface area contributed by atoms with Crippen LogP contribution in [0.1, 0.15) is 25.6 Å². The van der Waals surface area contributed by atoms with Crippen molar-refractivity contribution in [2.75, 3.05) is 5.73 Å². The highest BCUT2D eigenvalue weighted by atomic mass is 16.5. The van der Waals surface area contributed by atoms with Gasteiger partial charge in [-0.1, -0.05) is 24.6 Å². The molecule has 1 aromatic heterocycles. The van der Waals surface area contributed by atoms with E-state index < -0.39 is 0 Å². The van der Waals surface area contributed by atoms with Gasteiger partial charge in [0.2, 0.25) is 0 Å². The molecule has 90 valence electrons. The van der Waals surface area contributed by atoms with Crippen LogP contribution in [0, 0.1) is 0 Å². The molecule has 0 aliphatic heterocycles. The van der Waals surface area contributed by atoms with E-state index in [0.29, 0.717) is 23.0 Å². The van der Waals surface area contributed by atoms with Gasteiger partial charge in [0.25, 0.3) is 5.89 Å². The van der Waals surface area contributed by atoms with Gasteiger partial charge in [-0.25, -0.2) is 0 Å². The zero-order valence-electron chi connectivity index (χ0n) is 9.68. The second-order valence-electron chi connectivity index (χ2n) is 3.86. The fraction of sp³-hybridized carbons (Fsp3) is 0.333. The number of phenols is 1. The molecule has 5 heteroatoms. The molecule has 0 spiro atoms. The van der Waals surface area contributed by atoms with Crippen molar-refractivity contribution in [3.05, 3.63) is 24.0 Å². The number of aryl methyl sites for hydroxylation is 1. The Morgan fingerprint density at radius 2 is 2.24 bits per heavy atom. The monoisotopic (exact) mass is 233 g/mol. The molecule has 1 aromatic carbocycles. The zero-order chi connectivity index (χ0) is 12.3. The molecule has 2 rings (SSSR count). The average Bonchev–Trinajstić information content (AvgIpc) is 2.78. The zero-order valence-corrected chi connectivity index (χ0v) is 9.68. The van der Waals surface area contributed by atoms with E-state index in [0.717, 1.165) is 19.3 Å². The van der Waals surface area contributed by atoms with Crippen molar-refractivity contribution in [2.24, 2.45) is 0 Å². The van der Waals surface area contributed by atoms with Crippen LogP contribution >= 0.6 is 0 Å². The lowest BCUT2D eigenvalue weighted by molar-refractivity contribution is 0.417. The second-order valence-corrected chi connectivity index (χ2v) is 3.86. The summed E-state index contributed by atoms with van der Waals surface area (Å²) in [4.78, 5) is 4.23. The first-order valence-corrected chi connectivity index (χ1v) is 5.62. The maximum atomic E-state index is 9.78. The van der Waals surface area contributed by atoms with Gasteiger partial charge in [-0.2, -0.15) is 4.98 Å². The molecule has 0 unspecified atom stereocenters. The third-order valence-corrected chi connectivity index (χ3v) is 2.52. The average molecular weight is 233 g/mol. The molecule has 0 aliphatic carbocycles. The summed E-state index contributed by atoms with van der Waals surface area (Å²) in [5.41, 5.74) is 6.38. The molecule has 0 saturated heterocycles. The van der Waals surface area contributed by atoms with E-state index >= 15 is 0 Å². The fourth-order valence-corrected chi connectivity index (χ4v) is 1.53. The highest BCUT2D eigenvalue weighted by Crippen LogP contribution is 2.32. The molecular formula is C12H15N3O2. The highest BCUT2D eigenvalue weighted by molar-refractivity contribution is 5.71. The van der Waals surface area contributed by atoms with Gasteiger partial charge in [0.1, 0.15) is 0 Å². The number of aromatic hydroxyl groups is 1. The molecular weight excluding hydrogens is 218 g/mol. The minimum absolute atomic E-state index is 0.0156. The first kappa shape index (κ1) is 11.4. The lowest BCUT2D eigenvalue weighted by Gasteiger charge is -2.01.